The molecule has 0 saturated heterocycles. The fraction of sp³-hybridized carbons (Fsp3) is 0.222. The molecule has 0 atom stereocenters. The highest BCUT2D eigenvalue weighted by Crippen LogP contribution is 2.35. The topological polar surface area (TPSA) is 79.8 Å². The molecule has 3 aromatic heterocycles. The van der Waals surface area contributed by atoms with Crippen LogP contribution in [0.3, 0.4) is 0 Å². The van der Waals surface area contributed by atoms with E-state index in [2.05, 4.69) is 24.9 Å². The molecule has 0 saturated carbocycles. The van der Waals surface area contributed by atoms with Crippen LogP contribution in [0.25, 0.3) is 22.1 Å². The molecule has 1 N–H and O–H groups in total. The fourth-order valence-corrected chi connectivity index (χ4v) is 3.15. The third-order valence-electron chi connectivity index (χ3n) is 4.05. The number of nitrogens with zero attached hydrogens (tertiary/aromatic N) is 5. The van der Waals surface area contributed by atoms with Crippen molar-refractivity contribution in [3.05, 3.63) is 41.3 Å². The second kappa shape index (κ2) is 6.42. The van der Waals surface area contributed by atoms with Gasteiger partial charge in [-0.2, -0.15) is 9.97 Å². The Morgan fingerprint density at radius 2 is 1.88 bits per heavy atom. The molecule has 8 heteroatoms. The molecule has 1 aromatic carbocycles. The summed E-state index contributed by atoms with van der Waals surface area (Å²) >= 11 is 6.49. The summed E-state index contributed by atoms with van der Waals surface area (Å²) in [6, 6.07) is 5.72. The number of fused-ring (bicyclic) bond motifs is 2. The predicted molar refractivity (Wildman–Crippen MR) is 102 cm³/mol. The molecular formula is C18H17ClN6O. The van der Waals surface area contributed by atoms with Crippen LogP contribution in [0.1, 0.15) is 12.6 Å². The van der Waals surface area contributed by atoms with E-state index in [-0.39, 0.29) is 6.01 Å². The number of halogens is 1. The highest BCUT2D eigenvalue weighted by atomic mass is 35.5. The SMILES string of the molecule is CCc1[nH]c2nc(Oc3ccc4nccnc4c3)nc(N(C)C)c2c1Cl. The molecule has 0 fully saturated rings. The first-order valence-corrected chi connectivity index (χ1v) is 8.58. The van der Waals surface area contributed by atoms with Crippen molar-refractivity contribution in [3.63, 3.8) is 0 Å². The predicted octanol–water partition coefficient (Wildman–Crippen LogP) is 3.98. The van der Waals surface area contributed by atoms with Crippen LogP contribution in [0.5, 0.6) is 11.8 Å². The summed E-state index contributed by atoms with van der Waals surface area (Å²) in [4.78, 5) is 22.7. The molecule has 0 bridgehead atoms. The van der Waals surface area contributed by atoms with Crippen molar-refractivity contribution in [3.8, 4) is 11.8 Å². The second-order valence-corrected chi connectivity index (χ2v) is 6.41. The Hall–Kier alpha value is -2.93. The Balaban J connectivity index is 1.80. The van der Waals surface area contributed by atoms with Gasteiger partial charge in [0.15, 0.2) is 0 Å². The average molecular weight is 369 g/mol. The van der Waals surface area contributed by atoms with Crippen molar-refractivity contribution in [2.24, 2.45) is 0 Å². The number of ether oxygens (including phenoxy) is 1. The monoisotopic (exact) mass is 368 g/mol. The van der Waals surface area contributed by atoms with Gasteiger partial charge in [0.05, 0.1) is 21.4 Å². The molecule has 0 amide bonds. The van der Waals surface area contributed by atoms with Crippen LogP contribution < -0.4 is 9.64 Å². The van der Waals surface area contributed by atoms with Crippen molar-refractivity contribution < 1.29 is 4.74 Å². The minimum Gasteiger partial charge on any atom is -0.424 e. The van der Waals surface area contributed by atoms with Crippen LogP contribution in [0, 0.1) is 0 Å². The molecule has 0 aliphatic carbocycles. The number of hydrogen-bond acceptors (Lipinski definition) is 6. The summed E-state index contributed by atoms with van der Waals surface area (Å²) < 4.78 is 5.89. The van der Waals surface area contributed by atoms with Crippen molar-refractivity contribution >= 4 is 39.5 Å². The van der Waals surface area contributed by atoms with Gasteiger partial charge in [0.25, 0.3) is 0 Å². The molecule has 3 heterocycles. The smallest absolute Gasteiger partial charge is 0.325 e. The van der Waals surface area contributed by atoms with Gasteiger partial charge in [-0.3, -0.25) is 9.97 Å². The lowest BCUT2D eigenvalue weighted by Gasteiger charge is -2.14. The van der Waals surface area contributed by atoms with E-state index < -0.39 is 0 Å². The van der Waals surface area contributed by atoms with Crippen LogP contribution in [0.2, 0.25) is 5.02 Å². The maximum atomic E-state index is 6.49. The molecule has 0 spiro atoms. The van der Waals surface area contributed by atoms with Crippen molar-refractivity contribution in [2.45, 2.75) is 13.3 Å². The molecule has 4 rings (SSSR count). The molecular weight excluding hydrogens is 352 g/mol. The van der Waals surface area contributed by atoms with Gasteiger partial charge < -0.3 is 14.6 Å². The van der Waals surface area contributed by atoms with E-state index in [0.717, 1.165) is 28.5 Å². The number of H-pyrrole nitrogens is 1. The summed E-state index contributed by atoms with van der Waals surface area (Å²) in [5, 5.41) is 1.45. The zero-order valence-electron chi connectivity index (χ0n) is 14.6. The minimum atomic E-state index is 0.241. The average Bonchev–Trinajstić information content (AvgIpc) is 2.96. The van der Waals surface area contributed by atoms with E-state index in [1.165, 1.54) is 0 Å². The maximum Gasteiger partial charge on any atom is 0.325 e. The van der Waals surface area contributed by atoms with Crippen molar-refractivity contribution in [1.82, 2.24) is 24.9 Å². The van der Waals surface area contributed by atoms with Gasteiger partial charge in [-0.05, 0) is 18.6 Å². The van der Waals surface area contributed by atoms with E-state index in [1.54, 1.807) is 12.4 Å². The number of aryl methyl sites for hydroxylation is 1. The number of nitrogens with one attached hydrogen (secondary N) is 1. The third-order valence-corrected chi connectivity index (χ3v) is 4.47. The Labute approximate surface area is 155 Å². The van der Waals surface area contributed by atoms with Gasteiger partial charge >= 0.3 is 6.01 Å². The zero-order valence-corrected chi connectivity index (χ0v) is 15.4. The Kier molecular flexibility index (Phi) is 4.08. The van der Waals surface area contributed by atoms with Gasteiger partial charge in [0.1, 0.15) is 17.2 Å². The highest BCUT2D eigenvalue weighted by Gasteiger charge is 2.18. The van der Waals surface area contributed by atoms with Gasteiger partial charge in [0.2, 0.25) is 0 Å². The van der Waals surface area contributed by atoms with Gasteiger partial charge in [0, 0.05) is 38.2 Å². The van der Waals surface area contributed by atoms with Crippen molar-refractivity contribution in [2.75, 3.05) is 19.0 Å². The summed E-state index contributed by atoms with van der Waals surface area (Å²) in [5.41, 5.74) is 3.13. The Bertz CT molecular complexity index is 1110. The molecule has 0 aliphatic heterocycles. The van der Waals surface area contributed by atoms with E-state index >= 15 is 0 Å². The van der Waals surface area contributed by atoms with Gasteiger partial charge in [-0.1, -0.05) is 18.5 Å². The number of anilines is 1. The molecule has 0 unspecified atom stereocenters. The lowest BCUT2D eigenvalue weighted by molar-refractivity contribution is 0.445. The third kappa shape index (κ3) is 2.80. The van der Waals surface area contributed by atoms with Gasteiger partial charge in [-0.25, -0.2) is 0 Å². The summed E-state index contributed by atoms with van der Waals surface area (Å²) in [5.74, 6) is 1.29. The number of aromatic amines is 1. The van der Waals surface area contributed by atoms with Crippen LogP contribution in [-0.4, -0.2) is 39.0 Å². The summed E-state index contributed by atoms with van der Waals surface area (Å²) in [6.45, 7) is 2.03. The second-order valence-electron chi connectivity index (χ2n) is 6.03. The van der Waals surface area contributed by atoms with E-state index in [1.807, 2.05) is 44.1 Å². The molecule has 7 nitrogen and oxygen atoms in total. The van der Waals surface area contributed by atoms with Crippen LogP contribution in [0.15, 0.2) is 30.6 Å². The van der Waals surface area contributed by atoms with Gasteiger partial charge in [-0.15, -0.1) is 0 Å². The molecule has 0 radical (unpaired) electrons. The van der Waals surface area contributed by atoms with Crippen LogP contribution in [-0.2, 0) is 6.42 Å². The van der Waals surface area contributed by atoms with E-state index in [4.69, 9.17) is 16.3 Å². The zero-order chi connectivity index (χ0) is 18.3. The normalized spacial score (nSPS) is 11.2. The molecule has 26 heavy (non-hydrogen) atoms. The molecule has 4 aromatic rings. The molecule has 132 valence electrons. The standard InChI is InChI=1S/C18H17ClN6O/c1-4-11-15(19)14-16(22-11)23-18(24-17(14)25(2)3)26-10-5-6-12-13(9-10)21-8-7-20-12/h5-9H,4H2,1-3H3,(H,22,23,24). The van der Waals surface area contributed by atoms with Crippen LogP contribution >= 0.6 is 11.6 Å². The largest absolute Gasteiger partial charge is 0.424 e. The minimum absolute atomic E-state index is 0.241. The quantitative estimate of drug-likeness (QED) is 0.587. The lowest BCUT2D eigenvalue weighted by atomic mass is 10.3. The first-order chi connectivity index (χ1) is 12.6. The fourth-order valence-electron chi connectivity index (χ4n) is 2.80. The first kappa shape index (κ1) is 16.5. The first-order valence-electron chi connectivity index (χ1n) is 8.21. The number of aromatic nitrogens is 5. The van der Waals surface area contributed by atoms with E-state index in [0.29, 0.717) is 22.2 Å². The Morgan fingerprint density at radius 3 is 2.62 bits per heavy atom. The number of rotatable bonds is 4. The lowest BCUT2D eigenvalue weighted by Crippen LogP contribution is -2.12. The van der Waals surface area contributed by atoms with Crippen molar-refractivity contribution in [1.29, 1.82) is 0 Å². The maximum absolute atomic E-state index is 6.49. The van der Waals surface area contributed by atoms with E-state index in [9.17, 15) is 0 Å². The summed E-state index contributed by atoms with van der Waals surface area (Å²) in [7, 11) is 3.82. The molecule has 0 aliphatic rings. The van der Waals surface area contributed by atoms with Crippen LogP contribution in [0.4, 0.5) is 5.82 Å². The highest BCUT2D eigenvalue weighted by molar-refractivity contribution is 6.37. The number of benzene rings is 1. The summed E-state index contributed by atoms with van der Waals surface area (Å²) in [6.07, 6.45) is 4.08. The number of hydrogen-bond donors (Lipinski definition) is 1. The Morgan fingerprint density at radius 1 is 1.12 bits per heavy atom.